The van der Waals surface area contributed by atoms with Crippen LogP contribution in [-0.2, 0) is 37.4 Å². The maximum atomic E-state index is 14.9. The van der Waals surface area contributed by atoms with E-state index in [4.69, 9.17) is 28.0 Å². The molecule has 4 N–H and O–H groups in total. The number of hydrogen-bond acceptors (Lipinski definition) is 13. The Hall–Kier alpha value is -2.99. The molecule has 0 radical (unpaired) electrons. The average molecular weight is 1120 g/mol. The summed E-state index contributed by atoms with van der Waals surface area (Å²) in [6.45, 7) is 31.4. The fraction of sp³-hybridized carbons (Fsp3) is 0.714. The molecule has 16 nitrogen and oxygen atoms in total. The number of esters is 1. The van der Waals surface area contributed by atoms with E-state index in [9.17, 15) is 29.1 Å². The zero-order valence-corrected chi connectivity index (χ0v) is 50.3. The van der Waals surface area contributed by atoms with Crippen LogP contribution >= 0.6 is 11.3 Å². The van der Waals surface area contributed by atoms with E-state index in [0.29, 0.717) is 5.01 Å². The van der Waals surface area contributed by atoms with E-state index in [0.717, 1.165) is 46.8 Å². The van der Waals surface area contributed by atoms with Crippen LogP contribution in [0.1, 0.15) is 112 Å². The van der Waals surface area contributed by atoms with Crippen LogP contribution in [0.3, 0.4) is 0 Å². The molecule has 3 rings (SSSR count). The first kappa shape index (κ1) is 61.3. The summed E-state index contributed by atoms with van der Waals surface area (Å²) in [6.07, 6.45) is -2.04. The molecule has 1 saturated heterocycles. The van der Waals surface area contributed by atoms with Gasteiger partial charge >= 0.3 is 351 Å². The molecule has 8 atom stereocenters. The van der Waals surface area contributed by atoms with Gasteiger partial charge in [0.15, 0.2) is 0 Å². The van der Waals surface area contributed by atoms with Gasteiger partial charge in [-0.25, -0.2) is 4.79 Å². The number of carbonyl (C=O) groups excluding carboxylic acids is 5. The molecule has 2 aromatic rings. The molecule has 1 aliphatic heterocycles. The van der Waals surface area contributed by atoms with Crippen LogP contribution in [0.4, 0.5) is 4.79 Å². The second-order valence-electron chi connectivity index (χ2n) is 20.1. The molecule has 396 valence electrons. The molecule has 0 bridgehead atoms. The molecule has 1 aromatic carbocycles. The van der Waals surface area contributed by atoms with Crippen molar-refractivity contribution in [2.24, 2.45) is 0 Å². The summed E-state index contributed by atoms with van der Waals surface area (Å²) in [5, 5.41) is 21.8. The molecule has 0 unspecified atom stereocenters. The Kier molecular flexibility index (Phi) is 23.5. The summed E-state index contributed by atoms with van der Waals surface area (Å²) >= 11 is 0.804. The van der Waals surface area contributed by atoms with E-state index in [2.05, 4.69) is 77.1 Å². The summed E-state index contributed by atoms with van der Waals surface area (Å²) in [4.78, 5) is 76.6. The predicted molar refractivity (Wildman–Crippen MR) is 285 cm³/mol. The van der Waals surface area contributed by atoms with Crippen LogP contribution in [0.5, 0.6) is 0 Å². The quantitative estimate of drug-likeness (QED) is 0.0477. The van der Waals surface area contributed by atoms with E-state index in [1.165, 1.54) is 16.2 Å². The molecule has 4 amide bonds. The number of carbonyl (C=O) groups is 5. The zero-order valence-electron chi connectivity index (χ0n) is 44.8. The topological polar surface area (TPSA) is 204 Å². The first-order valence-corrected chi connectivity index (χ1v) is 36.7. The van der Waals surface area contributed by atoms with Crippen molar-refractivity contribution in [3.05, 3.63) is 46.4 Å². The van der Waals surface area contributed by atoms with Crippen molar-refractivity contribution in [1.82, 2.24) is 25.8 Å². The Bertz CT molecular complexity index is 2010. The van der Waals surface area contributed by atoms with Gasteiger partial charge in [0.1, 0.15) is 0 Å². The zero-order chi connectivity index (χ0) is 52.8. The van der Waals surface area contributed by atoms with Gasteiger partial charge in [0, 0.05) is 0 Å². The van der Waals surface area contributed by atoms with E-state index < -0.39 is 114 Å². The monoisotopic (exact) mass is 1120 g/mol. The van der Waals surface area contributed by atoms with Crippen LogP contribution < -0.4 is 20.4 Å². The fourth-order valence-electron chi connectivity index (χ4n) is 8.88. The van der Waals surface area contributed by atoms with Crippen LogP contribution in [0.2, 0.25) is 66.8 Å². The number of nitrogens with one attached hydrogen (secondary N) is 3. The predicted octanol–water partition coefficient (Wildman–Crippen LogP) is 7.77. The van der Waals surface area contributed by atoms with Gasteiger partial charge in [-0.05, 0) is 25.1 Å². The van der Waals surface area contributed by atoms with Gasteiger partial charge in [-0.15, -0.1) is 0 Å². The average Bonchev–Trinajstić information content (AvgIpc) is 3.90. The summed E-state index contributed by atoms with van der Waals surface area (Å²) < 4.78 is 32.8. The van der Waals surface area contributed by atoms with Crippen molar-refractivity contribution in [3.8, 4) is 0 Å². The molecule has 1 fully saturated rings. The summed E-state index contributed by atoms with van der Waals surface area (Å²) in [5.74, 6) is -2.70. The Morgan fingerprint density at radius 1 is 0.886 bits per heavy atom. The van der Waals surface area contributed by atoms with Crippen molar-refractivity contribution < 1.29 is 52.1 Å². The van der Waals surface area contributed by atoms with E-state index in [1.807, 2.05) is 51.1 Å². The van der Waals surface area contributed by atoms with Gasteiger partial charge in [0.25, 0.3) is 0 Å². The van der Waals surface area contributed by atoms with Crippen molar-refractivity contribution in [2.75, 3.05) is 19.8 Å². The van der Waals surface area contributed by atoms with Gasteiger partial charge in [-0.2, -0.15) is 0 Å². The number of aliphatic hydroxyl groups excluding tert-OH is 1. The maximum absolute atomic E-state index is 14.9. The molecule has 21 heteroatoms. The first-order chi connectivity index (χ1) is 32.8. The number of aliphatic hydroxyl groups is 1. The number of hydrogen-bond donors (Lipinski definition) is 4. The first-order valence-electron chi connectivity index (χ1n) is 25.2. The minimum absolute atomic E-state index is 0.0741. The Morgan fingerprint density at radius 2 is 1.47 bits per heavy atom. The SMILES string of the molecule is CCOC(=O)c1csc([C@@H](NC(=O)[C@@H](CO)NC(=O)[C@@H](NC(=O)[C@@H]2[C@@H](C)OC(C)(C)N2C(=O)OCC[Si](C)(C)C)[C@H](C)[Se]c2ccccc2)[C@](C)(O[Si](CC)(CC)CC)[C@@H](C)O[Si](CC)(CC)CC)n1. The Labute approximate surface area is 431 Å². The summed E-state index contributed by atoms with van der Waals surface area (Å²) in [5.41, 5.74) is -2.39. The van der Waals surface area contributed by atoms with E-state index in [-0.39, 0.29) is 33.9 Å². The van der Waals surface area contributed by atoms with Gasteiger partial charge in [0.05, 0.1) is 6.61 Å². The third-order valence-corrected chi connectivity index (χ3v) is 28.5. The number of ether oxygens (including phenoxy) is 3. The molecule has 0 spiro atoms. The van der Waals surface area contributed by atoms with Crippen molar-refractivity contribution in [2.45, 2.75) is 204 Å². The molecule has 1 aromatic heterocycles. The number of thiazole rings is 1. The molecule has 2 heterocycles. The third-order valence-electron chi connectivity index (χ3n) is 13.9. The Morgan fingerprint density at radius 3 is 2.00 bits per heavy atom. The standard InChI is InChI=1S/C49H85N5O11SSeSi3/c1-17-61-46(59)38-32-66-45(51-38)41(49(13,65-70(21-5,22-6)23-7)35(10)64-69(18-2,19-3)20-4)53-42(56)37(31-55)50-43(57)39(34(9)67-36-27-25-24-26-28-36)52-44(58)40-33(8)63-48(11,12)54(40)47(60)62-29-30-68(14,15)16/h24-28,32-35,37,39-41,55H,17-23,29-31H2,1-16H3,(H,50,57)(H,52,58)(H,53,56)/t33-,34+,35-,37-,39+,40+,41-,49-/m1/s1. The second-order valence-corrected chi connectivity index (χ2v) is 39.1. The molecule has 0 saturated carbocycles. The molecular formula is C49H85N5O11SSeSi3. The van der Waals surface area contributed by atoms with Crippen LogP contribution in [0.15, 0.2) is 35.7 Å². The molecular weight excluding hydrogens is 1030 g/mol. The van der Waals surface area contributed by atoms with Crippen molar-refractivity contribution in [3.63, 3.8) is 0 Å². The van der Waals surface area contributed by atoms with E-state index in [1.54, 1.807) is 33.1 Å². The number of nitrogens with zero attached hydrogens (tertiary/aromatic N) is 2. The minimum atomic E-state index is -2.51. The van der Waals surface area contributed by atoms with Gasteiger partial charge in [0.2, 0.25) is 0 Å². The van der Waals surface area contributed by atoms with E-state index >= 15 is 0 Å². The summed E-state index contributed by atoms with van der Waals surface area (Å²) in [7, 11) is -6.37. The molecule has 70 heavy (non-hydrogen) atoms. The number of amides is 4. The Balaban J connectivity index is 2.13. The molecule has 1 aliphatic rings. The van der Waals surface area contributed by atoms with Crippen LogP contribution in [0, 0.1) is 0 Å². The normalized spacial score (nSPS) is 19.2. The van der Waals surface area contributed by atoms with Crippen molar-refractivity contribution in [1.29, 1.82) is 0 Å². The van der Waals surface area contributed by atoms with Crippen molar-refractivity contribution >= 4 is 85.2 Å². The van der Waals surface area contributed by atoms with Gasteiger partial charge in [-0.1, -0.05) is 41.5 Å². The van der Waals surface area contributed by atoms with Gasteiger partial charge in [-0.3, -0.25) is 0 Å². The summed E-state index contributed by atoms with van der Waals surface area (Å²) in [6, 6.07) is 10.4. The second kappa shape index (κ2) is 26.8. The van der Waals surface area contributed by atoms with Crippen LogP contribution in [-0.4, -0.2) is 146 Å². The fourth-order valence-corrected chi connectivity index (χ4v) is 18.9. The number of benzene rings is 1. The number of rotatable bonds is 28. The van der Waals surface area contributed by atoms with Gasteiger partial charge < -0.3 is 4.74 Å². The molecule has 0 aliphatic carbocycles. The number of aromatic nitrogens is 1. The van der Waals surface area contributed by atoms with Crippen LogP contribution in [0.25, 0.3) is 0 Å². The third kappa shape index (κ3) is 15.8.